The van der Waals surface area contributed by atoms with Gasteiger partial charge in [0.05, 0.1) is 17.4 Å². The molecule has 0 aliphatic carbocycles. The minimum Gasteiger partial charge on any atom is -0.326 e. The first-order valence-corrected chi connectivity index (χ1v) is 9.48. The molecular weight excluding hydrogens is 370 g/mol. The molecule has 28 heavy (non-hydrogen) atoms. The van der Waals surface area contributed by atoms with E-state index in [-0.39, 0.29) is 5.56 Å². The average Bonchev–Trinajstić information content (AvgIpc) is 2.71. The van der Waals surface area contributed by atoms with Crippen LogP contribution in [0.3, 0.4) is 0 Å². The minimum atomic E-state index is -0.110. The summed E-state index contributed by atoms with van der Waals surface area (Å²) in [6.45, 7) is 2.90. The van der Waals surface area contributed by atoms with Crippen LogP contribution in [-0.4, -0.2) is 9.55 Å². The molecule has 0 aliphatic heterocycles. The number of aromatic nitrogens is 2. The zero-order valence-corrected chi connectivity index (χ0v) is 16.3. The maximum atomic E-state index is 13.3. The molecule has 2 N–H and O–H groups in total. The highest BCUT2D eigenvalue weighted by atomic mass is 35.5. The second-order valence-electron chi connectivity index (χ2n) is 6.88. The van der Waals surface area contributed by atoms with E-state index in [0.29, 0.717) is 34.8 Å². The summed E-state index contributed by atoms with van der Waals surface area (Å²) < 4.78 is 1.71. The lowest BCUT2D eigenvalue weighted by Crippen LogP contribution is -2.24. The second kappa shape index (κ2) is 7.58. The Bertz CT molecular complexity index is 1210. The molecule has 0 amide bonds. The van der Waals surface area contributed by atoms with Crippen molar-refractivity contribution >= 4 is 22.5 Å². The summed E-state index contributed by atoms with van der Waals surface area (Å²) in [4.78, 5) is 18.1. The minimum absolute atomic E-state index is 0.110. The Morgan fingerprint density at radius 3 is 2.50 bits per heavy atom. The van der Waals surface area contributed by atoms with E-state index in [1.165, 1.54) is 0 Å². The van der Waals surface area contributed by atoms with E-state index < -0.39 is 0 Å². The third-order valence-corrected chi connectivity index (χ3v) is 5.03. The number of nitrogens with two attached hydrogens (primary N) is 1. The van der Waals surface area contributed by atoms with Gasteiger partial charge in [-0.15, -0.1) is 0 Å². The molecule has 4 rings (SSSR count). The Morgan fingerprint density at radius 1 is 1.00 bits per heavy atom. The number of benzene rings is 3. The van der Waals surface area contributed by atoms with Gasteiger partial charge in [0.1, 0.15) is 5.82 Å². The van der Waals surface area contributed by atoms with E-state index in [0.717, 1.165) is 22.3 Å². The normalized spacial score (nSPS) is 11.1. The first kappa shape index (κ1) is 18.4. The zero-order valence-electron chi connectivity index (χ0n) is 15.5. The third kappa shape index (κ3) is 3.57. The highest BCUT2D eigenvalue weighted by molar-refractivity contribution is 6.31. The maximum absolute atomic E-state index is 13.3. The van der Waals surface area contributed by atoms with Crippen LogP contribution in [0.2, 0.25) is 5.02 Å². The Kier molecular flexibility index (Phi) is 4.99. The van der Waals surface area contributed by atoms with Gasteiger partial charge in [0.2, 0.25) is 0 Å². The van der Waals surface area contributed by atoms with Crippen LogP contribution >= 0.6 is 11.6 Å². The van der Waals surface area contributed by atoms with Crippen LogP contribution in [0, 0.1) is 6.92 Å². The van der Waals surface area contributed by atoms with Gasteiger partial charge in [-0.1, -0.05) is 65.7 Å². The summed E-state index contributed by atoms with van der Waals surface area (Å²) in [7, 11) is 0. The first-order chi connectivity index (χ1) is 13.5. The molecule has 1 heterocycles. The van der Waals surface area contributed by atoms with Crippen LogP contribution in [0.5, 0.6) is 0 Å². The fourth-order valence-electron chi connectivity index (χ4n) is 3.30. The summed E-state index contributed by atoms with van der Waals surface area (Å²) in [5, 5.41) is 1.03. The molecule has 0 aliphatic rings. The summed E-state index contributed by atoms with van der Waals surface area (Å²) >= 11 is 6.13. The predicted octanol–water partition coefficient (Wildman–Crippen LogP) is 4.53. The van der Waals surface area contributed by atoms with Crippen molar-refractivity contribution in [3.63, 3.8) is 0 Å². The fraction of sp³-hybridized carbons (Fsp3) is 0.130. The number of aryl methyl sites for hydroxylation is 1. The van der Waals surface area contributed by atoms with Gasteiger partial charge in [-0.25, -0.2) is 4.98 Å². The SMILES string of the molecule is Cc1ccc(-c2nc3ccc(Cl)cc3c(=O)n2Cc2cccc(CN)c2)cc1. The second-order valence-corrected chi connectivity index (χ2v) is 7.31. The molecule has 5 heteroatoms. The Balaban J connectivity index is 1.95. The number of hydrogen-bond donors (Lipinski definition) is 1. The molecule has 1 aromatic heterocycles. The van der Waals surface area contributed by atoms with Gasteiger partial charge in [-0.2, -0.15) is 0 Å². The van der Waals surface area contributed by atoms with Crippen molar-refractivity contribution in [2.24, 2.45) is 5.73 Å². The number of rotatable bonds is 4. The van der Waals surface area contributed by atoms with Crippen molar-refractivity contribution in [1.82, 2.24) is 9.55 Å². The van der Waals surface area contributed by atoms with E-state index >= 15 is 0 Å². The van der Waals surface area contributed by atoms with E-state index in [9.17, 15) is 4.79 Å². The molecule has 0 atom stereocenters. The van der Waals surface area contributed by atoms with Gasteiger partial charge in [-0.05, 0) is 36.2 Å². The topological polar surface area (TPSA) is 60.9 Å². The zero-order chi connectivity index (χ0) is 19.7. The van der Waals surface area contributed by atoms with Crippen LogP contribution < -0.4 is 11.3 Å². The van der Waals surface area contributed by atoms with E-state index in [1.54, 1.807) is 22.8 Å². The van der Waals surface area contributed by atoms with Crippen molar-refractivity contribution in [2.45, 2.75) is 20.0 Å². The summed E-state index contributed by atoms with van der Waals surface area (Å²) in [5.41, 5.74) is 10.4. The largest absolute Gasteiger partial charge is 0.326 e. The molecule has 3 aromatic carbocycles. The maximum Gasteiger partial charge on any atom is 0.262 e. The van der Waals surface area contributed by atoms with Gasteiger partial charge < -0.3 is 5.73 Å². The van der Waals surface area contributed by atoms with Gasteiger partial charge >= 0.3 is 0 Å². The van der Waals surface area contributed by atoms with Crippen molar-refractivity contribution in [1.29, 1.82) is 0 Å². The first-order valence-electron chi connectivity index (χ1n) is 9.10. The van der Waals surface area contributed by atoms with Crippen molar-refractivity contribution in [3.05, 3.63) is 98.8 Å². The van der Waals surface area contributed by atoms with Gasteiger partial charge in [0, 0.05) is 17.1 Å². The van der Waals surface area contributed by atoms with E-state index in [2.05, 4.69) is 0 Å². The lowest BCUT2D eigenvalue weighted by Gasteiger charge is -2.15. The van der Waals surface area contributed by atoms with Crippen LogP contribution in [0.15, 0.2) is 71.5 Å². The Morgan fingerprint density at radius 2 is 1.75 bits per heavy atom. The number of fused-ring (bicyclic) bond motifs is 1. The predicted molar refractivity (Wildman–Crippen MR) is 115 cm³/mol. The van der Waals surface area contributed by atoms with Crippen molar-refractivity contribution in [3.8, 4) is 11.4 Å². The van der Waals surface area contributed by atoms with Gasteiger partial charge in [0.25, 0.3) is 5.56 Å². The van der Waals surface area contributed by atoms with Gasteiger partial charge in [0.15, 0.2) is 0 Å². The lowest BCUT2D eigenvalue weighted by molar-refractivity contribution is 0.758. The summed E-state index contributed by atoms with van der Waals surface area (Å²) in [6.07, 6.45) is 0. The van der Waals surface area contributed by atoms with E-state index in [1.807, 2.05) is 55.5 Å². The molecule has 0 spiro atoms. The number of nitrogens with zero attached hydrogens (tertiary/aromatic N) is 2. The highest BCUT2D eigenvalue weighted by Crippen LogP contribution is 2.22. The van der Waals surface area contributed by atoms with Crippen LogP contribution in [0.1, 0.15) is 16.7 Å². The fourth-order valence-corrected chi connectivity index (χ4v) is 3.47. The van der Waals surface area contributed by atoms with Crippen molar-refractivity contribution in [2.75, 3.05) is 0 Å². The molecule has 0 unspecified atom stereocenters. The summed E-state index contributed by atoms with van der Waals surface area (Å²) in [5.74, 6) is 0.637. The van der Waals surface area contributed by atoms with Crippen LogP contribution in [0.25, 0.3) is 22.3 Å². The van der Waals surface area contributed by atoms with Crippen LogP contribution in [-0.2, 0) is 13.1 Å². The molecular formula is C23H20ClN3O. The average molecular weight is 390 g/mol. The molecule has 0 saturated heterocycles. The standard InChI is InChI=1S/C23H20ClN3O/c1-15-5-7-18(8-6-15)22-26-21-10-9-19(24)12-20(21)23(28)27(22)14-17-4-2-3-16(11-17)13-25/h2-12H,13-14,25H2,1H3. The van der Waals surface area contributed by atoms with Crippen LogP contribution in [0.4, 0.5) is 0 Å². The Hall–Kier alpha value is -2.95. The lowest BCUT2D eigenvalue weighted by atomic mass is 10.1. The van der Waals surface area contributed by atoms with E-state index in [4.69, 9.17) is 22.3 Å². The summed E-state index contributed by atoms with van der Waals surface area (Å²) in [6, 6.07) is 21.2. The van der Waals surface area contributed by atoms with Crippen molar-refractivity contribution < 1.29 is 0 Å². The molecule has 140 valence electrons. The molecule has 0 saturated carbocycles. The molecule has 0 fully saturated rings. The molecule has 0 bridgehead atoms. The molecule has 4 nitrogen and oxygen atoms in total. The quantitative estimate of drug-likeness (QED) is 0.557. The number of hydrogen-bond acceptors (Lipinski definition) is 3. The Labute approximate surface area is 168 Å². The smallest absolute Gasteiger partial charge is 0.262 e. The molecule has 0 radical (unpaired) electrons. The number of halogens is 1. The molecule has 4 aromatic rings. The highest BCUT2D eigenvalue weighted by Gasteiger charge is 2.14. The monoisotopic (exact) mass is 389 g/mol. The third-order valence-electron chi connectivity index (χ3n) is 4.79. The van der Waals surface area contributed by atoms with Gasteiger partial charge in [-0.3, -0.25) is 9.36 Å².